The van der Waals surface area contributed by atoms with Crippen molar-refractivity contribution in [2.45, 2.75) is 38.3 Å². The number of aliphatic carboxylic acids is 1. The Hall–Kier alpha value is -3.09. The summed E-state index contributed by atoms with van der Waals surface area (Å²) in [4.78, 5) is 15.7. The Morgan fingerprint density at radius 2 is 1.90 bits per heavy atom. The average Bonchev–Trinajstić information content (AvgIpc) is 2.61. The van der Waals surface area contributed by atoms with Gasteiger partial charge in [0.1, 0.15) is 5.82 Å². The topological polar surface area (TPSA) is 93.6 Å². The molecule has 4 rings (SSSR count). The molecule has 29 heavy (non-hydrogen) atoms. The summed E-state index contributed by atoms with van der Waals surface area (Å²) in [5.74, 6) is -1.35. The summed E-state index contributed by atoms with van der Waals surface area (Å²) in [6.45, 7) is 4.90. The summed E-state index contributed by atoms with van der Waals surface area (Å²) in [7, 11) is 0. The van der Waals surface area contributed by atoms with E-state index >= 15 is 0 Å². The van der Waals surface area contributed by atoms with Crippen LogP contribution >= 0.6 is 0 Å². The molecule has 2 aromatic carbocycles. The zero-order valence-electron chi connectivity index (χ0n) is 16.5. The van der Waals surface area contributed by atoms with Crippen molar-refractivity contribution < 1.29 is 14.3 Å². The van der Waals surface area contributed by atoms with Gasteiger partial charge in [0, 0.05) is 35.7 Å². The monoisotopic (exact) mass is 396 g/mol. The molecular formula is C22H25FN4O2. The Labute approximate surface area is 169 Å². The highest BCUT2D eigenvalue weighted by Crippen LogP contribution is 2.49. The predicted octanol–water partition coefficient (Wildman–Crippen LogP) is 4.01. The van der Waals surface area contributed by atoms with Crippen LogP contribution < -0.4 is 15.5 Å². The molecule has 0 saturated heterocycles. The highest BCUT2D eigenvalue weighted by Gasteiger charge is 2.45. The standard InChI is InChI=1S/C22H25FN4O2/c1-22(2)12-26(17-7-13(8-17)21(28)29)19-10-18(25)14(11-24)9-20(19)27(22)16-5-3-15(23)4-6-16/h3-6,9-11,13,17,24H,7-8,12,25H2,1-2H3,(H,28,29). The number of nitrogens with two attached hydrogens (primary N) is 1. The first-order chi connectivity index (χ1) is 13.7. The molecule has 152 valence electrons. The normalized spacial score (nSPS) is 22.6. The molecule has 2 aliphatic rings. The lowest BCUT2D eigenvalue weighted by atomic mass is 9.77. The molecule has 0 spiro atoms. The summed E-state index contributed by atoms with van der Waals surface area (Å²) in [6.07, 6.45) is 2.44. The summed E-state index contributed by atoms with van der Waals surface area (Å²) in [6, 6.07) is 10.3. The van der Waals surface area contributed by atoms with Crippen LogP contribution in [0.3, 0.4) is 0 Å². The quantitative estimate of drug-likeness (QED) is 0.536. The van der Waals surface area contributed by atoms with Gasteiger partial charge >= 0.3 is 5.97 Å². The van der Waals surface area contributed by atoms with Crippen molar-refractivity contribution in [3.63, 3.8) is 0 Å². The maximum atomic E-state index is 13.5. The number of carboxylic acids is 1. The van der Waals surface area contributed by atoms with Crippen molar-refractivity contribution in [1.29, 1.82) is 5.41 Å². The molecule has 0 unspecified atom stereocenters. The number of nitrogens with one attached hydrogen (secondary N) is 1. The van der Waals surface area contributed by atoms with E-state index < -0.39 is 5.97 Å². The number of carboxylic acid groups (broad SMARTS) is 1. The van der Waals surface area contributed by atoms with Gasteiger partial charge in [-0.25, -0.2) is 4.39 Å². The van der Waals surface area contributed by atoms with Crippen LogP contribution in [0.5, 0.6) is 0 Å². The molecule has 6 nitrogen and oxygen atoms in total. The number of halogens is 1. The Bertz CT molecular complexity index is 968. The first-order valence-corrected chi connectivity index (χ1v) is 9.70. The smallest absolute Gasteiger partial charge is 0.306 e. The number of carbonyl (C=O) groups is 1. The predicted molar refractivity (Wildman–Crippen MR) is 113 cm³/mol. The van der Waals surface area contributed by atoms with Gasteiger partial charge in [-0.3, -0.25) is 4.79 Å². The number of hydrogen-bond donors (Lipinski definition) is 3. The molecule has 0 aromatic heterocycles. The molecule has 1 fully saturated rings. The number of benzene rings is 2. The fourth-order valence-corrected chi connectivity index (χ4v) is 4.49. The molecule has 1 aliphatic carbocycles. The van der Waals surface area contributed by atoms with Crippen molar-refractivity contribution in [2.75, 3.05) is 22.1 Å². The van der Waals surface area contributed by atoms with Gasteiger partial charge in [0.25, 0.3) is 0 Å². The highest BCUT2D eigenvalue weighted by atomic mass is 19.1. The third-order valence-electron chi connectivity index (χ3n) is 6.04. The van der Waals surface area contributed by atoms with E-state index in [1.165, 1.54) is 18.3 Å². The summed E-state index contributed by atoms with van der Waals surface area (Å²) in [5, 5.41) is 17.0. The fourth-order valence-electron chi connectivity index (χ4n) is 4.49. The minimum atomic E-state index is -0.746. The number of rotatable bonds is 4. The molecule has 2 aromatic rings. The summed E-state index contributed by atoms with van der Waals surface area (Å²) in [5.41, 5.74) is 9.64. The minimum Gasteiger partial charge on any atom is -0.481 e. The number of nitrogens with zero attached hydrogens (tertiary/aromatic N) is 2. The molecule has 0 atom stereocenters. The second kappa shape index (κ2) is 6.76. The molecule has 0 bridgehead atoms. The largest absolute Gasteiger partial charge is 0.481 e. The van der Waals surface area contributed by atoms with Crippen LogP contribution in [-0.4, -0.2) is 35.4 Å². The van der Waals surface area contributed by atoms with E-state index in [1.807, 2.05) is 12.1 Å². The number of fused-ring (bicyclic) bond motifs is 1. The van der Waals surface area contributed by atoms with Gasteiger partial charge < -0.3 is 26.0 Å². The summed E-state index contributed by atoms with van der Waals surface area (Å²) >= 11 is 0. The third-order valence-corrected chi connectivity index (χ3v) is 6.04. The van der Waals surface area contributed by atoms with Gasteiger partial charge in [0.15, 0.2) is 0 Å². The number of nitrogen functional groups attached to an aromatic ring is 1. The van der Waals surface area contributed by atoms with E-state index in [0.717, 1.165) is 17.1 Å². The Balaban J connectivity index is 1.82. The minimum absolute atomic E-state index is 0.134. The van der Waals surface area contributed by atoms with Crippen LogP contribution in [-0.2, 0) is 4.79 Å². The first kappa shape index (κ1) is 19.2. The molecule has 1 heterocycles. The van der Waals surface area contributed by atoms with E-state index in [9.17, 15) is 14.3 Å². The van der Waals surface area contributed by atoms with Crippen LogP contribution in [0.2, 0.25) is 0 Å². The second-order valence-corrected chi connectivity index (χ2v) is 8.53. The van der Waals surface area contributed by atoms with E-state index in [1.54, 1.807) is 12.1 Å². The van der Waals surface area contributed by atoms with E-state index in [4.69, 9.17) is 11.1 Å². The van der Waals surface area contributed by atoms with Crippen molar-refractivity contribution in [3.8, 4) is 0 Å². The van der Waals surface area contributed by atoms with Crippen LogP contribution in [0.1, 0.15) is 32.3 Å². The fraction of sp³-hybridized carbons (Fsp3) is 0.364. The van der Waals surface area contributed by atoms with Gasteiger partial charge in [0.05, 0.1) is 22.8 Å². The van der Waals surface area contributed by atoms with Gasteiger partial charge in [-0.15, -0.1) is 0 Å². The lowest BCUT2D eigenvalue weighted by Crippen LogP contribution is -2.59. The zero-order chi connectivity index (χ0) is 20.9. The Kier molecular flexibility index (Phi) is 4.48. The zero-order valence-corrected chi connectivity index (χ0v) is 16.5. The summed E-state index contributed by atoms with van der Waals surface area (Å²) < 4.78 is 13.5. The van der Waals surface area contributed by atoms with Gasteiger partial charge in [-0.2, -0.15) is 0 Å². The second-order valence-electron chi connectivity index (χ2n) is 8.53. The molecule has 0 radical (unpaired) electrons. The molecule has 4 N–H and O–H groups in total. The molecular weight excluding hydrogens is 371 g/mol. The number of hydrogen-bond acceptors (Lipinski definition) is 5. The van der Waals surface area contributed by atoms with Crippen LogP contribution in [0.4, 0.5) is 27.1 Å². The van der Waals surface area contributed by atoms with Gasteiger partial charge in [-0.1, -0.05) is 0 Å². The maximum Gasteiger partial charge on any atom is 0.306 e. The lowest BCUT2D eigenvalue weighted by molar-refractivity contribution is -0.145. The van der Waals surface area contributed by atoms with E-state index in [-0.39, 0.29) is 23.3 Å². The molecule has 0 amide bonds. The van der Waals surface area contributed by atoms with Crippen molar-refractivity contribution >= 4 is 34.9 Å². The van der Waals surface area contributed by atoms with Crippen molar-refractivity contribution in [1.82, 2.24) is 0 Å². The maximum absolute atomic E-state index is 13.5. The Morgan fingerprint density at radius 1 is 1.24 bits per heavy atom. The van der Waals surface area contributed by atoms with Crippen LogP contribution in [0.15, 0.2) is 36.4 Å². The van der Waals surface area contributed by atoms with Gasteiger partial charge in [-0.05, 0) is 63.1 Å². The van der Waals surface area contributed by atoms with Crippen molar-refractivity contribution in [3.05, 3.63) is 47.8 Å². The molecule has 1 saturated carbocycles. The highest BCUT2D eigenvalue weighted by molar-refractivity contribution is 5.94. The van der Waals surface area contributed by atoms with Gasteiger partial charge in [0.2, 0.25) is 0 Å². The average molecular weight is 396 g/mol. The van der Waals surface area contributed by atoms with Crippen LogP contribution in [0.25, 0.3) is 0 Å². The lowest BCUT2D eigenvalue weighted by Gasteiger charge is -2.54. The molecule has 1 aliphatic heterocycles. The van der Waals surface area contributed by atoms with E-state index in [2.05, 4.69) is 23.6 Å². The first-order valence-electron chi connectivity index (χ1n) is 9.70. The number of anilines is 4. The molecule has 7 heteroatoms. The Morgan fingerprint density at radius 3 is 2.48 bits per heavy atom. The van der Waals surface area contributed by atoms with Crippen LogP contribution in [0, 0.1) is 17.1 Å². The SMILES string of the molecule is CC1(C)CN(C2CC(C(=O)O)C2)c2cc(N)c(C=N)cc2N1c1ccc(F)cc1. The van der Waals surface area contributed by atoms with E-state index in [0.29, 0.717) is 30.6 Å². The third kappa shape index (κ3) is 3.20. The van der Waals surface area contributed by atoms with Crippen molar-refractivity contribution in [2.24, 2.45) is 5.92 Å².